The molecular weight excluding hydrogens is 232 g/mol. The molecule has 0 amide bonds. The van der Waals surface area contributed by atoms with Crippen LogP contribution in [-0.4, -0.2) is 23.5 Å². The molecule has 0 radical (unpaired) electrons. The first-order chi connectivity index (χ1) is 9.20. The average Bonchev–Trinajstić information content (AvgIpc) is 2.39. The molecule has 2 heteroatoms. The van der Waals surface area contributed by atoms with E-state index < -0.39 is 0 Å². The van der Waals surface area contributed by atoms with Gasteiger partial charge < -0.3 is 5.73 Å². The Kier molecular flexibility index (Phi) is 5.41. The van der Waals surface area contributed by atoms with Gasteiger partial charge >= 0.3 is 0 Å². The Hall–Kier alpha value is -0.860. The smallest absolute Gasteiger partial charge is 0.0250 e. The minimum atomic E-state index is 0.343. The summed E-state index contributed by atoms with van der Waals surface area (Å²) in [6, 6.07) is 9.79. The number of hydrogen-bond acceptors (Lipinski definition) is 2. The fraction of sp³-hybridized carbons (Fsp3) is 0.647. The third kappa shape index (κ3) is 4.05. The summed E-state index contributed by atoms with van der Waals surface area (Å²) in [6.07, 6.45) is 6.27. The predicted molar refractivity (Wildman–Crippen MR) is 82.1 cm³/mol. The number of likely N-dealkylation sites (tertiary alicyclic amines) is 1. The topological polar surface area (TPSA) is 29.3 Å². The highest BCUT2D eigenvalue weighted by atomic mass is 15.2. The van der Waals surface area contributed by atoms with Crippen LogP contribution in [0.1, 0.15) is 50.2 Å². The molecule has 0 aromatic heterocycles. The Morgan fingerprint density at radius 1 is 1.37 bits per heavy atom. The minimum absolute atomic E-state index is 0.343. The highest BCUT2D eigenvalue weighted by Crippen LogP contribution is 2.23. The molecule has 0 saturated carbocycles. The van der Waals surface area contributed by atoms with E-state index in [1.165, 1.54) is 43.4 Å². The van der Waals surface area contributed by atoms with Gasteiger partial charge in [0, 0.05) is 18.6 Å². The number of hydrogen-bond donors (Lipinski definition) is 1. The van der Waals surface area contributed by atoms with Crippen LogP contribution in [-0.2, 0) is 6.54 Å². The third-order valence-corrected chi connectivity index (χ3v) is 4.25. The summed E-state index contributed by atoms with van der Waals surface area (Å²) in [5.74, 6) is 0. The Balaban J connectivity index is 2.03. The third-order valence-electron chi connectivity index (χ3n) is 4.25. The van der Waals surface area contributed by atoms with Crippen LogP contribution < -0.4 is 5.73 Å². The second kappa shape index (κ2) is 7.06. The van der Waals surface area contributed by atoms with Crippen molar-refractivity contribution in [3.63, 3.8) is 0 Å². The van der Waals surface area contributed by atoms with E-state index in [2.05, 4.69) is 43.0 Å². The van der Waals surface area contributed by atoms with Crippen molar-refractivity contribution in [2.45, 2.75) is 64.6 Å². The lowest BCUT2D eigenvalue weighted by atomic mass is 9.93. The molecule has 2 atom stereocenters. The Bertz CT molecular complexity index is 389. The molecule has 1 saturated heterocycles. The minimum Gasteiger partial charge on any atom is -0.326 e. The molecule has 106 valence electrons. The van der Waals surface area contributed by atoms with Crippen molar-refractivity contribution in [2.75, 3.05) is 6.54 Å². The predicted octanol–water partition coefficient (Wildman–Crippen LogP) is 3.48. The van der Waals surface area contributed by atoms with Crippen LogP contribution in [0.4, 0.5) is 0 Å². The van der Waals surface area contributed by atoms with Crippen molar-refractivity contribution >= 4 is 0 Å². The molecule has 2 rings (SSSR count). The molecule has 2 nitrogen and oxygen atoms in total. The van der Waals surface area contributed by atoms with Crippen LogP contribution in [0, 0.1) is 6.92 Å². The van der Waals surface area contributed by atoms with Crippen molar-refractivity contribution in [1.29, 1.82) is 0 Å². The van der Waals surface area contributed by atoms with Crippen molar-refractivity contribution in [3.05, 3.63) is 35.4 Å². The molecular formula is C17H28N2. The number of nitrogens with two attached hydrogens (primary N) is 1. The molecule has 2 N–H and O–H groups in total. The molecule has 2 unspecified atom stereocenters. The van der Waals surface area contributed by atoms with Gasteiger partial charge in [0.05, 0.1) is 0 Å². The van der Waals surface area contributed by atoms with E-state index in [0.29, 0.717) is 12.1 Å². The van der Waals surface area contributed by atoms with Gasteiger partial charge in [0.1, 0.15) is 0 Å². The SMILES string of the molecule is CCCC(N)C1CCCCN1Cc1cccc(C)c1. The lowest BCUT2D eigenvalue weighted by Gasteiger charge is -2.39. The summed E-state index contributed by atoms with van der Waals surface area (Å²) >= 11 is 0. The molecule has 1 aromatic rings. The van der Waals surface area contributed by atoms with E-state index in [1.54, 1.807) is 0 Å². The summed E-state index contributed by atoms with van der Waals surface area (Å²) in [6.45, 7) is 6.66. The number of nitrogens with zero attached hydrogens (tertiary/aromatic N) is 1. The van der Waals surface area contributed by atoms with Gasteiger partial charge in [-0.05, 0) is 38.3 Å². The van der Waals surface area contributed by atoms with Crippen LogP contribution in [0.2, 0.25) is 0 Å². The standard InChI is InChI=1S/C17H28N2/c1-3-7-16(18)17-10-4-5-11-19(17)13-15-9-6-8-14(2)12-15/h6,8-9,12,16-17H,3-5,7,10-11,13,18H2,1-2H3. The largest absolute Gasteiger partial charge is 0.326 e. The summed E-state index contributed by atoms with van der Waals surface area (Å²) in [4.78, 5) is 2.61. The van der Waals surface area contributed by atoms with Crippen molar-refractivity contribution in [1.82, 2.24) is 4.90 Å². The normalized spacial score (nSPS) is 22.4. The molecule has 0 spiro atoms. The Morgan fingerprint density at radius 2 is 2.21 bits per heavy atom. The summed E-state index contributed by atoms with van der Waals surface area (Å²) in [5, 5.41) is 0. The second-order valence-electron chi connectivity index (χ2n) is 5.98. The van der Waals surface area contributed by atoms with Crippen LogP contribution in [0.25, 0.3) is 0 Å². The fourth-order valence-electron chi connectivity index (χ4n) is 3.27. The molecule has 0 bridgehead atoms. The summed E-state index contributed by atoms with van der Waals surface area (Å²) < 4.78 is 0. The monoisotopic (exact) mass is 260 g/mol. The quantitative estimate of drug-likeness (QED) is 0.878. The van der Waals surface area contributed by atoms with Gasteiger partial charge in [0.15, 0.2) is 0 Å². The van der Waals surface area contributed by atoms with E-state index in [1.807, 2.05) is 0 Å². The van der Waals surface area contributed by atoms with E-state index in [9.17, 15) is 0 Å². The van der Waals surface area contributed by atoms with Crippen LogP contribution in [0.15, 0.2) is 24.3 Å². The van der Waals surface area contributed by atoms with Gasteiger partial charge in [0.25, 0.3) is 0 Å². The lowest BCUT2D eigenvalue weighted by molar-refractivity contribution is 0.115. The van der Waals surface area contributed by atoms with E-state index in [-0.39, 0.29) is 0 Å². The van der Waals surface area contributed by atoms with Gasteiger partial charge in [-0.3, -0.25) is 4.90 Å². The lowest BCUT2D eigenvalue weighted by Crippen LogP contribution is -2.49. The fourth-order valence-corrected chi connectivity index (χ4v) is 3.27. The Morgan fingerprint density at radius 3 is 2.95 bits per heavy atom. The molecule has 1 aliphatic heterocycles. The maximum absolute atomic E-state index is 6.39. The van der Waals surface area contributed by atoms with Gasteiger partial charge in [-0.2, -0.15) is 0 Å². The average molecular weight is 260 g/mol. The molecule has 1 aromatic carbocycles. The van der Waals surface area contributed by atoms with Crippen molar-refractivity contribution in [2.24, 2.45) is 5.73 Å². The maximum atomic E-state index is 6.39. The van der Waals surface area contributed by atoms with E-state index >= 15 is 0 Å². The molecule has 1 fully saturated rings. The zero-order chi connectivity index (χ0) is 13.7. The van der Waals surface area contributed by atoms with Crippen LogP contribution in [0.5, 0.6) is 0 Å². The van der Waals surface area contributed by atoms with Gasteiger partial charge in [-0.1, -0.05) is 49.6 Å². The zero-order valence-electron chi connectivity index (χ0n) is 12.4. The van der Waals surface area contributed by atoms with Gasteiger partial charge in [-0.25, -0.2) is 0 Å². The molecule has 1 heterocycles. The molecule has 0 aliphatic carbocycles. The van der Waals surface area contributed by atoms with Crippen molar-refractivity contribution in [3.8, 4) is 0 Å². The molecule has 19 heavy (non-hydrogen) atoms. The summed E-state index contributed by atoms with van der Waals surface area (Å²) in [7, 11) is 0. The van der Waals surface area contributed by atoms with Gasteiger partial charge in [0.2, 0.25) is 0 Å². The number of piperidine rings is 1. The number of rotatable bonds is 5. The first-order valence-electron chi connectivity index (χ1n) is 7.76. The first-order valence-corrected chi connectivity index (χ1v) is 7.76. The zero-order valence-corrected chi connectivity index (χ0v) is 12.4. The van der Waals surface area contributed by atoms with Crippen LogP contribution >= 0.6 is 0 Å². The second-order valence-corrected chi connectivity index (χ2v) is 5.98. The highest BCUT2D eigenvalue weighted by Gasteiger charge is 2.27. The first kappa shape index (κ1) is 14.5. The number of aryl methyl sites for hydroxylation is 1. The Labute approximate surface area is 118 Å². The van der Waals surface area contributed by atoms with E-state index in [4.69, 9.17) is 5.73 Å². The highest BCUT2D eigenvalue weighted by molar-refractivity contribution is 5.22. The maximum Gasteiger partial charge on any atom is 0.0250 e. The van der Waals surface area contributed by atoms with E-state index in [0.717, 1.165) is 13.0 Å². The summed E-state index contributed by atoms with van der Waals surface area (Å²) in [5.41, 5.74) is 9.17. The van der Waals surface area contributed by atoms with Crippen LogP contribution in [0.3, 0.4) is 0 Å². The molecule has 1 aliphatic rings. The number of benzene rings is 1. The van der Waals surface area contributed by atoms with Crippen molar-refractivity contribution < 1.29 is 0 Å². The van der Waals surface area contributed by atoms with Gasteiger partial charge in [-0.15, -0.1) is 0 Å².